The highest BCUT2D eigenvalue weighted by Gasteiger charge is 2.30. The summed E-state index contributed by atoms with van der Waals surface area (Å²) in [6.45, 7) is 4.34. The zero-order valence-electron chi connectivity index (χ0n) is 17.2. The average Bonchev–Trinajstić information content (AvgIpc) is 2.80. The Morgan fingerprint density at radius 3 is 2.41 bits per heavy atom. The van der Waals surface area contributed by atoms with Crippen LogP contribution >= 0.6 is 0 Å². The monoisotopic (exact) mass is 441 g/mol. The topological polar surface area (TPSA) is 61.4 Å². The van der Waals surface area contributed by atoms with Gasteiger partial charge in [-0.25, -0.2) is 4.98 Å². The SMILES string of the molecule is O=C(Nc1ccc(N2CCN(Cc3ccncc3)CC2)nc1)c1cccc(C(F)(F)F)c1. The van der Waals surface area contributed by atoms with E-state index in [9.17, 15) is 18.0 Å². The van der Waals surface area contributed by atoms with Gasteiger partial charge in [0.25, 0.3) is 5.91 Å². The molecule has 2 aromatic heterocycles. The molecule has 1 N–H and O–H groups in total. The third kappa shape index (κ3) is 5.42. The molecule has 9 heteroatoms. The number of nitrogens with one attached hydrogen (secondary N) is 1. The Balaban J connectivity index is 1.32. The molecule has 0 saturated carbocycles. The second-order valence-electron chi connectivity index (χ2n) is 7.56. The number of halogens is 3. The fourth-order valence-electron chi connectivity index (χ4n) is 3.57. The second-order valence-corrected chi connectivity index (χ2v) is 7.56. The van der Waals surface area contributed by atoms with Crippen LogP contribution in [0, 0.1) is 0 Å². The van der Waals surface area contributed by atoms with Gasteiger partial charge < -0.3 is 10.2 Å². The minimum Gasteiger partial charge on any atom is -0.354 e. The van der Waals surface area contributed by atoms with Crippen LogP contribution in [0.25, 0.3) is 0 Å². The Kier molecular flexibility index (Phi) is 6.36. The van der Waals surface area contributed by atoms with Gasteiger partial charge in [0.1, 0.15) is 5.82 Å². The van der Waals surface area contributed by atoms with E-state index in [4.69, 9.17) is 0 Å². The van der Waals surface area contributed by atoms with Gasteiger partial charge in [-0.2, -0.15) is 13.2 Å². The molecule has 1 aliphatic heterocycles. The van der Waals surface area contributed by atoms with Crippen LogP contribution in [-0.4, -0.2) is 47.0 Å². The molecule has 1 amide bonds. The number of hydrogen-bond acceptors (Lipinski definition) is 5. The number of piperazine rings is 1. The average molecular weight is 441 g/mol. The summed E-state index contributed by atoms with van der Waals surface area (Å²) in [6, 6.07) is 11.9. The standard InChI is InChI=1S/C23H22F3N5O/c24-23(25,26)19-3-1-2-18(14-19)22(32)29-20-4-5-21(28-15-20)31-12-10-30(11-13-31)16-17-6-8-27-9-7-17/h1-9,14-15H,10-13,16H2,(H,29,32). The zero-order valence-corrected chi connectivity index (χ0v) is 17.2. The van der Waals surface area contributed by atoms with Crippen molar-refractivity contribution in [2.45, 2.75) is 12.7 Å². The lowest BCUT2D eigenvalue weighted by molar-refractivity contribution is -0.137. The number of nitrogens with zero attached hydrogens (tertiary/aromatic N) is 4. The summed E-state index contributed by atoms with van der Waals surface area (Å²) >= 11 is 0. The van der Waals surface area contributed by atoms with Crippen molar-refractivity contribution in [3.05, 3.63) is 83.8 Å². The number of carbonyl (C=O) groups excluding carboxylic acids is 1. The molecule has 4 rings (SSSR count). The van der Waals surface area contributed by atoms with E-state index in [1.165, 1.54) is 23.9 Å². The first-order valence-electron chi connectivity index (χ1n) is 10.2. The van der Waals surface area contributed by atoms with Crippen molar-refractivity contribution < 1.29 is 18.0 Å². The van der Waals surface area contributed by atoms with E-state index < -0.39 is 17.6 Å². The van der Waals surface area contributed by atoms with Crippen LogP contribution in [0.4, 0.5) is 24.7 Å². The van der Waals surface area contributed by atoms with Gasteiger partial charge in [-0.1, -0.05) is 6.07 Å². The summed E-state index contributed by atoms with van der Waals surface area (Å²) in [5.41, 5.74) is 0.732. The molecule has 32 heavy (non-hydrogen) atoms. The fourth-order valence-corrected chi connectivity index (χ4v) is 3.57. The predicted molar refractivity (Wildman–Crippen MR) is 115 cm³/mol. The van der Waals surface area contributed by atoms with Crippen LogP contribution in [-0.2, 0) is 12.7 Å². The summed E-state index contributed by atoms with van der Waals surface area (Å²) in [6.07, 6.45) is 0.609. The van der Waals surface area contributed by atoms with E-state index in [1.54, 1.807) is 24.5 Å². The van der Waals surface area contributed by atoms with Crippen LogP contribution in [0.3, 0.4) is 0 Å². The normalized spacial score (nSPS) is 14.9. The Hall–Kier alpha value is -3.46. The summed E-state index contributed by atoms with van der Waals surface area (Å²) in [4.78, 5) is 25.3. The lowest BCUT2D eigenvalue weighted by Gasteiger charge is -2.35. The lowest BCUT2D eigenvalue weighted by atomic mass is 10.1. The van der Waals surface area contributed by atoms with Crippen LogP contribution in [0.15, 0.2) is 67.1 Å². The molecule has 0 bridgehead atoms. The second kappa shape index (κ2) is 9.35. The summed E-state index contributed by atoms with van der Waals surface area (Å²) in [7, 11) is 0. The molecule has 1 saturated heterocycles. The molecule has 1 aliphatic rings. The van der Waals surface area contributed by atoms with Crippen molar-refractivity contribution in [1.29, 1.82) is 0 Å². The molecular weight excluding hydrogens is 419 g/mol. The number of alkyl halides is 3. The van der Waals surface area contributed by atoms with E-state index >= 15 is 0 Å². The molecule has 166 valence electrons. The maximum absolute atomic E-state index is 12.9. The Morgan fingerprint density at radius 2 is 1.75 bits per heavy atom. The highest BCUT2D eigenvalue weighted by molar-refractivity contribution is 6.04. The van der Waals surface area contributed by atoms with Crippen molar-refractivity contribution in [2.24, 2.45) is 0 Å². The Morgan fingerprint density at radius 1 is 1.00 bits per heavy atom. The summed E-state index contributed by atoms with van der Waals surface area (Å²) in [5, 5.41) is 2.60. The molecule has 0 spiro atoms. The summed E-state index contributed by atoms with van der Waals surface area (Å²) < 4.78 is 38.6. The van der Waals surface area contributed by atoms with Crippen LogP contribution < -0.4 is 10.2 Å². The Labute approximate surface area is 183 Å². The number of rotatable bonds is 5. The first-order valence-corrected chi connectivity index (χ1v) is 10.2. The van der Waals surface area contributed by atoms with E-state index in [1.807, 2.05) is 12.1 Å². The number of carbonyl (C=O) groups is 1. The van der Waals surface area contributed by atoms with Gasteiger partial charge in [0.05, 0.1) is 17.4 Å². The smallest absolute Gasteiger partial charge is 0.354 e. The lowest BCUT2D eigenvalue weighted by Crippen LogP contribution is -2.46. The predicted octanol–water partition coefficient (Wildman–Crippen LogP) is 4.07. The van der Waals surface area contributed by atoms with Gasteiger partial charge in [0.15, 0.2) is 0 Å². The number of amides is 1. The van der Waals surface area contributed by atoms with Crippen molar-refractivity contribution >= 4 is 17.4 Å². The van der Waals surface area contributed by atoms with Gasteiger partial charge in [-0.15, -0.1) is 0 Å². The van der Waals surface area contributed by atoms with Gasteiger partial charge in [0, 0.05) is 50.7 Å². The van der Waals surface area contributed by atoms with E-state index in [-0.39, 0.29) is 5.56 Å². The van der Waals surface area contributed by atoms with Gasteiger partial charge >= 0.3 is 6.18 Å². The highest BCUT2D eigenvalue weighted by atomic mass is 19.4. The maximum atomic E-state index is 12.9. The van der Waals surface area contributed by atoms with Crippen molar-refractivity contribution in [1.82, 2.24) is 14.9 Å². The quantitative estimate of drug-likeness (QED) is 0.647. The molecule has 0 radical (unpaired) electrons. The number of pyridine rings is 2. The number of benzene rings is 1. The fraction of sp³-hybridized carbons (Fsp3) is 0.261. The van der Waals surface area contributed by atoms with Crippen LogP contribution in [0.1, 0.15) is 21.5 Å². The van der Waals surface area contributed by atoms with Gasteiger partial charge in [0.2, 0.25) is 0 Å². The first-order chi connectivity index (χ1) is 15.4. The molecular formula is C23H22F3N5O. The van der Waals surface area contributed by atoms with Crippen molar-refractivity contribution in [3.63, 3.8) is 0 Å². The van der Waals surface area contributed by atoms with E-state index in [0.717, 1.165) is 50.7 Å². The van der Waals surface area contributed by atoms with Gasteiger partial charge in [-0.05, 0) is 48.0 Å². The number of hydrogen-bond donors (Lipinski definition) is 1. The molecule has 6 nitrogen and oxygen atoms in total. The van der Waals surface area contributed by atoms with Crippen LogP contribution in [0.5, 0.6) is 0 Å². The zero-order chi connectivity index (χ0) is 22.6. The van der Waals surface area contributed by atoms with Gasteiger partial charge in [-0.3, -0.25) is 14.7 Å². The minimum absolute atomic E-state index is 0.0609. The largest absolute Gasteiger partial charge is 0.416 e. The molecule has 3 heterocycles. The number of anilines is 2. The maximum Gasteiger partial charge on any atom is 0.416 e. The van der Waals surface area contributed by atoms with E-state index in [2.05, 4.69) is 25.1 Å². The molecule has 0 atom stereocenters. The van der Waals surface area contributed by atoms with E-state index in [0.29, 0.717) is 5.69 Å². The summed E-state index contributed by atoms with van der Waals surface area (Å²) in [5.74, 6) is 0.181. The molecule has 0 unspecified atom stereocenters. The highest BCUT2D eigenvalue weighted by Crippen LogP contribution is 2.29. The molecule has 1 fully saturated rings. The Bertz CT molecular complexity index is 1050. The third-order valence-corrected chi connectivity index (χ3v) is 5.31. The minimum atomic E-state index is -4.50. The molecule has 1 aromatic carbocycles. The van der Waals surface area contributed by atoms with Crippen molar-refractivity contribution in [2.75, 3.05) is 36.4 Å². The molecule has 0 aliphatic carbocycles. The molecule has 3 aromatic rings. The number of aromatic nitrogens is 2. The third-order valence-electron chi connectivity index (χ3n) is 5.31. The van der Waals surface area contributed by atoms with Crippen molar-refractivity contribution in [3.8, 4) is 0 Å². The first kappa shape index (κ1) is 21.8. The van der Waals surface area contributed by atoms with Crippen LogP contribution in [0.2, 0.25) is 0 Å².